The molecule has 96 valence electrons. The molecule has 0 spiro atoms. The summed E-state index contributed by atoms with van der Waals surface area (Å²) in [5.74, 6) is 0. The van der Waals surface area contributed by atoms with Crippen LogP contribution in [0.4, 0.5) is 5.13 Å². The smallest absolute Gasteiger partial charge is 0.238 e. The quantitative estimate of drug-likeness (QED) is 0.883. The van der Waals surface area contributed by atoms with Gasteiger partial charge in [-0.05, 0) is 24.6 Å². The van der Waals surface area contributed by atoms with Crippen molar-refractivity contribution in [2.45, 2.75) is 17.9 Å². The summed E-state index contributed by atoms with van der Waals surface area (Å²) < 4.78 is 22.2. The minimum Gasteiger partial charge on any atom is -0.354 e. The highest BCUT2D eigenvalue weighted by Crippen LogP contribution is 2.20. The summed E-state index contributed by atoms with van der Waals surface area (Å²) in [6, 6.07) is 6.43. The number of aromatic nitrogens is 2. The van der Waals surface area contributed by atoms with E-state index in [0.29, 0.717) is 0 Å². The topological polar surface area (TPSA) is 98.0 Å². The Bertz CT molecular complexity index is 608. The number of anilines is 1. The fourth-order valence-electron chi connectivity index (χ4n) is 1.45. The predicted molar refractivity (Wildman–Crippen MR) is 69.8 cm³/mol. The molecular formula is C10H12N4O2S2. The Labute approximate surface area is 109 Å². The van der Waals surface area contributed by atoms with Gasteiger partial charge in [0.05, 0.1) is 10.9 Å². The van der Waals surface area contributed by atoms with E-state index in [9.17, 15) is 8.42 Å². The van der Waals surface area contributed by atoms with Crippen molar-refractivity contribution in [2.24, 2.45) is 5.14 Å². The van der Waals surface area contributed by atoms with Gasteiger partial charge in [0, 0.05) is 0 Å². The molecule has 1 atom stereocenters. The fraction of sp³-hybridized carbons (Fsp3) is 0.200. The standard InChI is InChI=1S/C10H12N4O2S2/c1-7(13-10-14-12-6-17-10)8-2-4-9(5-3-8)18(11,15)16/h2-7H,1H3,(H,13,14)(H2,11,15,16). The minimum absolute atomic E-state index is 0.00692. The van der Waals surface area contributed by atoms with E-state index >= 15 is 0 Å². The third-order valence-electron chi connectivity index (χ3n) is 2.41. The molecule has 1 aromatic heterocycles. The van der Waals surface area contributed by atoms with Crippen LogP contribution >= 0.6 is 11.3 Å². The zero-order valence-corrected chi connectivity index (χ0v) is 11.2. The summed E-state index contributed by atoms with van der Waals surface area (Å²) in [6.45, 7) is 1.95. The van der Waals surface area contributed by atoms with Gasteiger partial charge in [-0.1, -0.05) is 23.5 Å². The van der Waals surface area contributed by atoms with Crippen molar-refractivity contribution in [3.8, 4) is 0 Å². The van der Waals surface area contributed by atoms with E-state index in [-0.39, 0.29) is 10.9 Å². The largest absolute Gasteiger partial charge is 0.354 e. The number of primary sulfonamides is 1. The summed E-state index contributed by atoms with van der Waals surface area (Å²) in [4.78, 5) is 0.106. The first-order valence-corrected chi connectivity index (χ1v) is 7.55. The molecule has 1 aromatic carbocycles. The molecule has 2 rings (SSSR count). The van der Waals surface area contributed by atoms with Gasteiger partial charge in [0.25, 0.3) is 0 Å². The molecule has 0 bridgehead atoms. The van der Waals surface area contributed by atoms with Gasteiger partial charge in [-0.2, -0.15) is 0 Å². The second-order valence-electron chi connectivity index (χ2n) is 3.72. The van der Waals surface area contributed by atoms with Crippen LogP contribution in [0, 0.1) is 0 Å². The van der Waals surface area contributed by atoms with Crippen LogP contribution in [0.2, 0.25) is 0 Å². The first-order valence-electron chi connectivity index (χ1n) is 5.12. The second kappa shape index (κ2) is 5.01. The molecule has 18 heavy (non-hydrogen) atoms. The highest BCUT2D eigenvalue weighted by Gasteiger charge is 2.10. The molecule has 0 saturated carbocycles. The number of hydrogen-bond acceptors (Lipinski definition) is 6. The third kappa shape index (κ3) is 3.03. The van der Waals surface area contributed by atoms with Crippen molar-refractivity contribution in [1.29, 1.82) is 0 Å². The van der Waals surface area contributed by atoms with Crippen molar-refractivity contribution in [2.75, 3.05) is 5.32 Å². The van der Waals surface area contributed by atoms with Crippen LogP contribution in [-0.4, -0.2) is 18.6 Å². The van der Waals surface area contributed by atoms with Crippen LogP contribution in [0.1, 0.15) is 18.5 Å². The van der Waals surface area contributed by atoms with Gasteiger partial charge in [0.1, 0.15) is 5.51 Å². The van der Waals surface area contributed by atoms with Gasteiger partial charge >= 0.3 is 0 Å². The SMILES string of the molecule is CC(Nc1nncs1)c1ccc(S(N)(=O)=O)cc1. The number of sulfonamides is 1. The Morgan fingerprint density at radius 3 is 2.50 bits per heavy atom. The van der Waals surface area contributed by atoms with Crippen LogP contribution in [0.5, 0.6) is 0 Å². The van der Waals surface area contributed by atoms with Crippen LogP contribution < -0.4 is 10.5 Å². The number of nitrogens with zero attached hydrogens (tertiary/aromatic N) is 2. The van der Waals surface area contributed by atoms with Crippen molar-refractivity contribution in [3.05, 3.63) is 35.3 Å². The summed E-state index contributed by atoms with van der Waals surface area (Å²) >= 11 is 1.40. The maximum Gasteiger partial charge on any atom is 0.238 e. The first kappa shape index (κ1) is 12.9. The molecule has 0 fully saturated rings. The van der Waals surface area contributed by atoms with Gasteiger partial charge in [-0.15, -0.1) is 10.2 Å². The average molecular weight is 284 g/mol. The van der Waals surface area contributed by atoms with Crippen LogP contribution in [0.15, 0.2) is 34.7 Å². The summed E-state index contributed by atoms with van der Waals surface area (Å²) in [5.41, 5.74) is 2.58. The molecule has 2 aromatic rings. The van der Waals surface area contributed by atoms with E-state index in [4.69, 9.17) is 5.14 Å². The number of rotatable bonds is 4. The zero-order chi connectivity index (χ0) is 13.2. The van der Waals surface area contributed by atoms with Crippen molar-refractivity contribution in [1.82, 2.24) is 10.2 Å². The van der Waals surface area contributed by atoms with Crippen molar-refractivity contribution < 1.29 is 8.42 Å². The number of nitrogens with one attached hydrogen (secondary N) is 1. The maximum absolute atomic E-state index is 11.1. The Balaban J connectivity index is 2.14. The van der Waals surface area contributed by atoms with E-state index in [0.717, 1.165) is 10.7 Å². The Hall–Kier alpha value is -1.51. The molecule has 3 N–H and O–H groups in total. The normalized spacial score (nSPS) is 13.2. The van der Waals surface area contributed by atoms with Crippen LogP contribution in [0.25, 0.3) is 0 Å². The van der Waals surface area contributed by atoms with Crippen molar-refractivity contribution in [3.63, 3.8) is 0 Å². The van der Waals surface area contributed by atoms with Gasteiger partial charge in [0.15, 0.2) is 0 Å². The van der Waals surface area contributed by atoms with E-state index in [1.165, 1.54) is 23.5 Å². The van der Waals surface area contributed by atoms with Gasteiger partial charge in [-0.3, -0.25) is 0 Å². The summed E-state index contributed by atoms with van der Waals surface area (Å²) in [7, 11) is -3.64. The number of hydrogen-bond donors (Lipinski definition) is 2. The molecule has 1 unspecified atom stereocenters. The van der Waals surface area contributed by atoms with Gasteiger partial charge < -0.3 is 5.32 Å². The van der Waals surface area contributed by atoms with Gasteiger partial charge in [-0.25, -0.2) is 13.6 Å². The lowest BCUT2D eigenvalue weighted by molar-refractivity contribution is 0.597. The van der Waals surface area contributed by atoms with E-state index in [1.807, 2.05) is 6.92 Å². The monoisotopic (exact) mass is 284 g/mol. The van der Waals surface area contributed by atoms with Crippen LogP contribution in [0.3, 0.4) is 0 Å². The number of benzene rings is 1. The molecular weight excluding hydrogens is 272 g/mol. The lowest BCUT2D eigenvalue weighted by Gasteiger charge is -2.13. The van der Waals surface area contributed by atoms with Crippen LogP contribution in [-0.2, 0) is 10.0 Å². The molecule has 0 aliphatic heterocycles. The summed E-state index contributed by atoms with van der Waals surface area (Å²) in [6.07, 6.45) is 0. The molecule has 0 saturated heterocycles. The molecule has 0 aliphatic carbocycles. The number of nitrogens with two attached hydrogens (primary N) is 1. The highest BCUT2D eigenvalue weighted by molar-refractivity contribution is 7.89. The van der Waals surface area contributed by atoms with E-state index in [1.54, 1.807) is 17.6 Å². The van der Waals surface area contributed by atoms with E-state index < -0.39 is 10.0 Å². The Kier molecular flexibility index (Phi) is 3.60. The zero-order valence-electron chi connectivity index (χ0n) is 9.57. The Morgan fingerprint density at radius 1 is 1.33 bits per heavy atom. The summed E-state index contributed by atoms with van der Waals surface area (Å²) in [5, 5.41) is 16.5. The van der Waals surface area contributed by atoms with E-state index in [2.05, 4.69) is 15.5 Å². The highest BCUT2D eigenvalue weighted by atomic mass is 32.2. The first-order chi connectivity index (χ1) is 8.47. The lowest BCUT2D eigenvalue weighted by atomic mass is 10.1. The fourth-order valence-corrected chi connectivity index (χ4v) is 2.50. The average Bonchev–Trinajstić information content (AvgIpc) is 2.81. The minimum atomic E-state index is -3.64. The third-order valence-corrected chi connectivity index (χ3v) is 3.96. The predicted octanol–water partition coefficient (Wildman–Crippen LogP) is 1.36. The maximum atomic E-state index is 11.1. The van der Waals surface area contributed by atoms with Crippen molar-refractivity contribution >= 4 is 26.5 Å². The molecule has 6 nitrogen and oxygen atoms in total. The molecule has 8 heteroatoms. The van der Waals surface area contributed by atoms with Gasteiger partial charge in [0.2, 0.25) is 15.2 Å². The molecule has 0 aliphatic rings. The second-order valence-corrected chi connectivity index (χ2v) is 6.12. The molecule has 1 heterocycles. The Morgan fingerprint density at radius 2 is 2.00 bits per heavy atom. The molecule has 0 radical (unpaired) electrons. The lowest BCUT2D eigenvalue weighted by Crippen LogP contribution is -2.12. The molecule has 0 amide bonds.